The maximum Gasteiger partial charge on any atom is 0.241 e. The smallest absolute Gasteiger partial charge is 0.241 e. The first-order valence-electron chi connectivity index (χ1n) is 6.81. The molecule has 0 saturated heterocycles. The Morgan fingerprint density at radius 3 is 2.15 bits per heavy atom. The van der Waals surface area contributed by atoms with Crippen LogP contribution in [0.3, 0.4) is 0 Å². The van der Waals surface area contributed by atoms with Crippen molar-refractivity contribution < 1.29 is 12.8 Å². The molecule has 0 heterocycles. The molecule has 0 unspecified atom stereocenters. The van der Waals surface area contributed by atoms with Gasteiger partial charge < -0.3 is 5.73 Å². The standard InChI is InChI=1S/C14H23FN2O2S/c1-5-14(6-2,7-3)17-20(18,19)13-9-12(16)11(15)8-10(13)4/h8-9,17H,5-7,16H2,1-4H3. The summed E-state index contributed by atoms with van der Waals surface area (Å²) in [5, 5.41) is 0. The first-order valence-corrected chi connectivity index (χ1v) is 8.29. The van der Waals surface area contributed by atoms with Crippen molar-refractivity contribution in [2.75, 3.05) is 5.73 Å². The van der Waals surface area contributed by atoms with E-state index in [1.54, 1.807) is 6.92 Å². The van der Waals surface area contributed by atoms with Crippen molar-refractivity contribution in [3.8, 4) is 0 Å². The summed E-state index contributed by atoms with van der Waals surface area (Å²) in [7, 11) is -3.72. The third kappa shape index (κ3) is 3.30. The number of nitrogens with one attached hydrogen (secondary N) is 1. The van der Waals surface area contributed by atoms with Gasteiger partial charge in [0.15, 0.2) is 0 Å². The van der Waals surface area contributed by atoms with Crippen molar-refractivity contribution in [2.24, 2.45) is 0 Å². The van der Waals surface area contributed by atoms with Gasteiger partial charge in [0.05, 0.1) is 10.6 Å². The Hall–Kier alpha value is -1.14. The van der Waals surface area contributed by atoms with Gasteiger partial charge >= 0.3 is 0 Å². The fourth-order valence-electron chi connectivity index (χ4n) is 2.26. The minimum atomic E-state index is -3.72. The predicted molar refractivity (Wildman–Crippen MR) is 79.5 cm³/mol. The molecule has 0 aliphatic carbocycles. The summed E-state index contributed by atoms with van der Waals surface area (Å²) >= 11 is 0. The minimum Gasteiger partial charge on any atom is -0.396 e. The molecule has 0 amide bonds. The monoisotopic (exact) mass is 302 g/mol. The predicted octanol–water partition coefficient (Wildman–Crippen LogP) is 2.96. The lowest BCUT2D eigenvalue weighted by Gasteiger charge is -2.31. The molecule has 0 aliphatic heterocycles. The second-order valence-corrected chi connectivity index (χ2v) is 6.74. The molecule has 1 aromatic carbocycles. The highest BCUT2D eigenvalue weighted by molar-refractivity contribution is 7.89. The fraction of sp³-hybridized carbons (Fsp3) is 0.571. The lowest BCUT2D eigenvalue weighted by atomic mass is 9.91. The van der Waals surface area contributed by atoms with Crippen LogP contribution in [0.4, 0.5) is 10.1 Å². The van der Waals surface area contributed by atoms with Gasteiger partial charge in [-0.05, 0) is 43.9 Å². The van der Waals surface area contributed by atoms with Crippen LogP contribution in [-0.4, -0.2) is 14.0 Å². The average Bonchev–Trinajstić information content (AvgIpc) is 2.40. The molecule has 0 aromatic heterocycles. The summed E-state index contributed by atoms with van der Waals surface area (Å²) in [5.41, 5.74) is 5.19. The lowest BCUT2D eigenvalue weighted by Crippen LogP contribution is -2.47. The summed E-state index contributed by atoms with van der Waals surface area (Å²) < 4.78 is 41.1. The van der Waals surface area contributed by atoms with Crippen molar-refractivity contribution in [1.82, 2.24) is 4.72 Å². The Kier molecular flexibility index (Phi) is 5.15. The molecule has 0 saturated carbocycles. The van der Waals surface area contributed by atoms with E-state index in [1.807, 2.05) is 20.8 Å². The van der Waals surface area contributed by atoms with Crippen LogP contribution in [0.15, 0.2) is 17.0 Å². The van der Waals surface area contributed by atoms with Gasteiger partial charge in [-0.1, -0.05) is 20.8 Å². The molecular formula is C14H23FN2O2S. The van der Waals surface area contributed by atoms with Gasteiger partial charge in [0, 0.05) is 5.54 Å². The van der Waals surface area contributed by atoms with Gasteiger partial charge in [-0.3, -0.25) is 0 Å². The summed E-state index contributed by atoms with van der Waals surface area (Å²) in [6.45, 7) is 7.40. The highest BCUT2D eigenvalue weighted by atomic mass is 32.2. The van der Waals surface area contributed by atoms with Gasteiger partial charge in [-0.2, -0.15) is 0 Å². The van der Waals surface area contributed by atoms with Gasteiger partial charge in [0.2, 0.25) is 10.0 Å². The van der Waals surface area contributed by atoms with Crippen molar-refractivity contribution in [2.45, 2.75) is 57.4 Å². The zero-order chi connectivity index (χ0) is 15.6. The summed E-state index contributed by atoms with van der Waals surface area (Å²) in [6, 6.07) is 2.33. The topological polar surface area (TPSA) is 72.2 Å². The maximum atomic E-state index is 13.3. The molecule has 1 rings (SSSR count). The van der Waals surface area contributed by atoms with E-state index in [9.17, 15) is 12.8 Å². The number of hydrogen-bond acceptors (Lipinski definition) is 3. The normalized spacial score (nSPS) is 12.7. The molecule has 20 heavy (non-hydrogen) atoms. The number of anilines is 1. The van der Waals surface area contributed by atoms with Crippen LogP contribution in [0.25, 0.3) is 0 Å². The Balaban J connectivity index is 3.28. The number of rotatable bonds is 6. The van der Waals surface area contributed by atoms with Crippen LogP contribution in [0.1, 0.15) is 45.6 Å². The highest BCUT2D eigenvalue weighted by Crippen LogP contribution is 2.26. The van der Waals surface area contributed by atoms with E-state index in [4.69, 9.17) is 5.73 Å². The summed E-state index contributed by atoms with van der Waals surface area (Å²) in [5.74, 6) is -0.603. The zero-order valence-electron chi connectivity index (χ0n) is 12.5. The number of hydrogen-bond donors (Lipinski definition) is 2. The van der Waals surface area contributed by atoms with Crippen LogP contribution < -0.4 is 10.5 Å². The van der Waals surface area contributed by atoms with Gasteiger partial charge in [0.1, 0.15) is 5.82 Å². The summed E-state index contributed by atoms with van der Waals surface area (Å²) in [4.78, 5) is 0.0381. The van der Waals surface area contributed by atoms with E-state index < -0.39 is 21.4 Å². The van der Waals surface area contributed by atoms with Crippen molar-refractivity contribution in [3.63, 3.8) is 0 Å². The zero-order valence-corrected chi connectivity index (χ0v) is 13.3. The number of benzene rings is 1. The molecule has 6 heteroatoms. The van der Waals surface area contributed by atoms with Crippen LogP contribution in [0, 0.1) is 12.7 Å². The number of nitrogens with two attached hydrogens (primary N) is 1. The van der Waals surface area contributed by atoms with E-state index >= 15 is 0 Å². The van der Waals surface area contributed by atoms with Crippen LogP contribution in [-0.2, 0) is 10.0 Å². The molecular weight excluding hydrogens is 279 g/mol. The maximum absolute atomic E-state index is 13.3. The van der Waals surface area contributed by atoms with E-state index in [0.29, 0.717) is 24.8 Å². The molecule has 4 nitrogen and oxygen atoms in total. The highest BCUT2D eigenvalue weighted by Gasteiger charge is 2.31. The SMILES string of the molecule is CCC(CC)(CC)NS(=O)(=O)c1cc(N)c(F)cc1C. The number of halogens is 1. The summed E-state index contributed by atoms with van der Waals surface area (Å²) in [6.07, 6.45) is 2.07. The molecule has 0 atom stereocenters. The number of nitrogen functional groups attached to an aromatic ring is 1. The van der Waals surface area contributed by atoms with Crippen molar-refractivity contribution >= 4 is 15.7 Å². The third-order valence-corrected chi connectivity index (χ3v) is 5.69. The van der Waals surface area contributed by atoms with Crippen LogP contribution >= 0.6 is 0 Å². The second kappa shape index (κ2) is 6.10. The first kappa shape index (κ1) is 16.9. The average molecular weight is 302 g/mol. The molecule has 0 aliphatic rings. The molecule has 0 radical (unpaired) electrons. The van der Waals surface area contributed by atoms with E-state index in [2.05, 4.69) is 4.72 Å². The van der Waals surface area contributed by atoms with E-state index in [-0.39, 0.29) is 10.6 Å². The van der Waals surface area contributed by atoms with Crippen LogP contribution in [0.2, 0.25) is 0 Å². The van der Waals surface area contributed by atoms with Crippen LogP contribution in [0.5, 0.6) is 0 Å². The number of sulfonamides is 1. The Morgan fingerprint density at radius 2 is 1.70 bits per heavy atom. The van der Waals surface area contributed by atoms with E-state index in [0.717, 1.165) is 6.07 Å². The van der Waals surface area contributed by atoms with Gasteiger partial charge in [-0.15, -0.1) is 0 Å². The van der Waals surface area contributed by atoms with Crippen molar-refractivity contribution in [3.05, 3.63) is 23.5 Å². The second-order valence-electron chi connectivity index (χ2n) is 5.09. The Morgan fingerprint density at radius 1 is 1.20 bits per heavy atom. The first-order chi connectivity index (χ1) is 9.21. The molecule has 0 bridgehead atoms. The van der Waals surface area contributed by atoms with Crippen molar-refractivity contribution in [1.29, 1.82) is 0 Å². The molecule has 0 spiro atoms. The minimum absolute atomic E-state index is 0.0381. The third-order valence-electron chi connectivity index (χ3n) is 3.96. The quantitative estimate of drug-likeness (QED) is 0.794. The Labute approximate surface area is 120 Å². The van der Waals surface area contributed by atoms with Gasteiger partial charge in [-0.25, -0.2) is 17.5 Å². The Bertz CT molecular complexity index is 573. The number of aryl methyl sites for hydroxylation is 1. The molecule has 3 N–H and O–H groups in total. The van der Waals surface area contributed by atoms with Gasteiger partial charge in [0.25, 0.3) is 0 Å². The molecule has 114 valence electrons. The fourth-order valence-corrected chi connectivity index (χ4v) is 4.14. The van der Waals surface area contributed by atoms with E-state index in [1.165, 1.54) is 6.07 Å². The largest absolute Gasteiger partial charge is 0.396 e. The molecule has 1 aromatic rings. The lowest BCUT2D eigenvalue weighted by molar-refractivity contribution is 0.341. The molecule has 0 fully saturated rings.